The summed E-state index contributed by atoms with van der Waals surface area (Å²) in [6, 6.07) is 9.18. The number of nitrogens with two attached hydrogens (primary N) is 1. The van der Waals surface area contributed by atoms with E-state index in [2.05, 4.69) is 0 Å². The molecule has 1 saturated heterocycles. The number of nitrogens with zero attached hydrogens (tertiary/aromatic N) is 2. The Hall–Kier alpha value is -1.83. The molecule has 0 unspecified atom stereocenters. The third-order valence-electron chi connectivity index (χ3n) is 5.67. The van der Waals surface area contributed by atoms with Crippen molar-refractivity contribution in [2.45, 2.75) is 57.5 Å². The normalized spacial score (nSPS) is 22.6. The zero-order valence-corrected chi connectivity index (χ0v) is 19.5. The van der Waals surface area contributed by atoms with E-state index in [9.17, 15) is 4.79 Å². The van der Waals surface area contributed by atoms with E-state index in [1.165, 1.54) is 4.68 Å². The van der Waals surface area contributed by atoms with Crippen LogP contribution in [-0.2, 0) is 16.1 Å². The van der Waals surface area contributed by atoms with Gasteiger partial charge in [0.2, 0.25) is 18.3 Å². The number of hydrogen-bond acceptors (Lipinski definition) is 4. The number of piperidine rings is 1. The fourth-order valence-electron chi connectivity index (χ4n) is 4.23. The summed E-state index contributed by atoms with van der Waals surface area (Å²) in [6.07, 6.45) is 5.70. The molecule has 6 nitrogen and oxygen atoms in total. The molecule has 2 aliphatic heterocycles. The highest BCUT2D eigenvalue weighted by atomic mass is 79.9. The molecule has 4 rings (SSSR count). The van der Waals surface area contributed by atoms with E-state index in [1.54, 1.807) is 6.20 Å². The van der Waals surface area contributed by atoms with E-state index in [1.807, 2.05) is 55.3 Å². The van der Waals surface area contributed by atoms with Crippen molar-refractivity contribution in [3.05, 3.63) is 58.9 Å². The number of halogens is 2. The van der Waals surface area contributed by atoms with Crippen LogP contribution in [0.3, 0.4) is 0 Å². The largest absolute Gasteiger partial charge is 1.00 e. The molecule has 1 amide bonds. The Balaban J connectivity index is 0.00000256. The number of likely N-dealkylation sites (tertiary alicyclic amines) is 1. The highest BCUT2D eigenvalue weighted by molar-refractivity contribution is 6.30. The number of nitrogen functional groups attached to an aromatic ring is 1. The smallest absolute Gasteiger partial charge is 0.223 e. The van der Waals surface area contributed by atoms with Gasteiger partial charge >= 0.3 is 0 Å². The minimum Gasteiger partial charge on any atom is -1.00 e. The molecule has 3 heterocycles. The number of carbonyl (C=O) groups excluding carboxylic acids is 1. The number of carbonyl (C=O) groups is 1. The molecule has 1 fully saturated rings. The fourth-order valence-corrected chi connectivity index (χ4v) is 4.35. The van der Waals surface area contributed by atoms with Gasteiger partial charge in [-0.15, -0.1) is 0 Å². The lowest BCUT2D eigenvalue weighted by Gasteiger charge is -2.48. The molecule has 30 heavy (non-hydrogen) atoms. The van der Waals surface area contributed by atoms with E-state index in [0.29, 0.717) is 24.6 Å². The molecule has 2 atom stereocenters. The summed E-state index contributed by atoms with van der Waals surface area (Å²) in [6.45, 7) is 5.12. The maximum Gasteiger partial charge on any atom is 0.223 e. The van der Waals surface area contributed by atoms with E-state index in [4.69, 9.17) is 26.9 Å². The van der Waals surface area contributed by atoms with Gasteiger partial charge in [-0.3, -0.25) is 4.79 Å². The number of pyridine rings is 1. The number of ether oxygens (including phenoxy) is 2. The highest BCUT2D eigenvalue weighted by Gasteiger charge is 2.49. The van der Waals surface area contributed by atoms with Crippen molar-refractivity contribution in [2.75, 3.05) is 12.4 Å². The van der Waals surface area contributed by atoms with Crippen LogP contribution in [0.2, 0.25) is 5.02 Å². The molecule has 0 aliphatic carbocycles. The van der Waals surface area contributed by atoms with Crippen LogP contribution in [0, 0.1) is 0 Å². The zero-order chi connectivity index (χ0) is 20.6. The molecule has 2 aliphatic rings. The van der Waals surface area contributed by atoms with E-state index in [0.717, 1.165) is 29.7 Å². The van der Waals surface area contributed by atoms with Crippen molar-refractivity contribution in [1.29, 1.82) is 0 Å². The Kier molecular flexibility index (Phi) is 6.95. The van der Waals surface area contributed by atoms with E-state index < -0.39 is 5.60 Å². The van der Waals surface area contributed by atoms with Crippen LogP contribution >= 0.6 is 11.6 Å². The van der Waals surface area contributed by atoms with Crippen LogP contribution in [0.15, 0.2) is 42.7 Å². The molecule has 0 saturated carbocycles. The van der Waals surface area contributed by atoms with Gasteiger partial charge in [-0.05, 0) is 44.4 Å². The van der Waals surface area contributed by atoms with E-state index in [-0.39, 0.29) is 35.0 Å². The third-order valence-corrected chi connectivity index (χ3v) is 5.92. The Bertz CT molecular complexity index is 907. The Labute approximate surface area is 192 Å². The molecule has 1 aromatic carbocycles. The number of fused-ring (bicyclic) bond motifs is 1. The lowest BCUT2D eigenvalue weighted by molar-refractivity contribution is -0.639. The van der Waals surface area contributed by atoms with E-state index >= 15 is 0 Å². The summed E-state index contributed by atoms with van der Waals surface area (Å²) in [5.41, 5.74) is 1.27. The SMILES string of the molecule is CC1(C)Oc2cc[n+](N)cc2[C@@H](N2CCCCC2=O)[C@@H]1OCc1ccc(Cl)cc1.[Br-]. The summed E-state index contributed by atoms with van der Waals surface area (Å²) in [4.78, 5) is 14.8. The summed E-state index contributed by atoms with van der Waals surface area (Å²) < 4.78 is 14.2. The van der Waals surface area contributed by atoms with Crippen molar-refractivity contribution in [1.82, 2.24) is 4.90 Å². The summed E-state index contributed by atoms with van der Waals surface area (Å²) in [5.74, 6) is 6.90. The second-order valence-corrected chi connectivity index (χ2v) is 8.70. The van der Waals surface area contributed by atoms with Crippen LogP contribution < -0.4 is 32.2 Å². The second kappa shape index (κ2) is 9.12. The number of hydrogen-bond donors (Lipinski definition) is 1. The van der Waals surface area contributed by atoms with Crippen molar-refractivity contribution in [3.63, 3.8) is 0 Å². The van der Waals surface area contributed by atoms with Gasteiger partial charge < -0.3 is 31.4 Å². The van der Waals surface area contributed by atoms with Gasteiger partial charge in [-0.25, -0.2) is 5.84 Å². The summed E-state index contributed by atoms with van der Waals surface area (Å²) in [5, 5.41) is 0.688. The molecule has 0 radical (unpaired) electrons. The maximum atomic E-state index is 12.8. The first-order chi connectivity index (χ1) is 13.8. The minimum absolute atomic E-state index is 0. The quantitative estimate of drug-likeness (QED) is 0.484. The predicted molar refractivity (Wildman–Crippen MR) is 110 cm³/mol. The average molecular weight is 497 g/mol. The molecule has 8 heteroatoms. The van der Waals surface area contributed by atoms with Crippen LogP contribution in [0.1, 0.15) is 50.3 Å². The lowest BCUT2D eigenvalue weighted by Crippen LogP contribution is -3.00. The monoisotopic (exact) mass is 495 g/mol. The number of benzene rings is 1. The third kappa shape index (κ3) is 4.58. The van der Waals surface area contributed by atoms with Crippen molar-refractivity contribution in [3.8, 4) is 5.75 Å². The van der Waals surface area contributed by atoms with Crippen molar-refractivity contribution in [2.24, 2.45) is 0 Å². The van der Waals surface area contributed by atoms with Gasteiger partial charge in [0.05, 0.1) is 18.2 Å². The molecule has 2 aromatic rings. The van der Waals surface area contributed by atoms with Crippen LogP contribution in [0.5, 0.6) is 5.75 Å². The molecule has 0 spiro atoms. The standard InChI is InChI=1S/C22H27ClN3O3.BrH/c1-22(2)21(28-14-15-6-8-16(23)9-7-15)20(26-11-4-3-5-19(26)27)17-13-25(24)12-10-18(17)29-22;/h6-10,12-13,20-21H,3-5,11,14,24H2,1-2H3;1H/q+1;/p-1/t20-,21+;/m1./s1. The lowest BCUT2D eigenvalue weighted by atomic mass is 9.85. The van der Waals surface area contributed by atoms with Gasteiger partial charge in [0.1, 0.15) is 17.5 Å². The van der Waals surface area contributed by atoms with Crippen LogP contribution in [0.25, 0.3) is 0 Å². The molecular formula is C22H27BrClN3O3. The van der Waals surface area contributed by atoms with Gasteiger partial charge in [0.25, 0.3) is 0 Å². The Morgan fingerprint density at radius 3 is 2.70 bits per heavy atom. The molecule has 0 bridgehead atoms. The minimum atomic E-state index is -0.622. The van der Waals surface area contributed by atoms with Crippen molar-refractivity contribution >= 4 is 17.5 Å². The maximum absolute atomic E-state index is 12.8. The average Bonchev–Trinajstić information content (AvgIpc) is 2.68. The summed E-state index contributed by atoms with van der Waals surface area (Å²) in [7, 11) is 0. The predicted octanol–water partition coefficient (Wildman–Crippen LogP) is 0.155. The topological polar surface area (TPSA) is 68.7 Å². The number of aromatic nitrogens is 1. The molecule has 162 valence electrons. The van der Waals surface area contributed by atoms with Crippen LogP contribution in [-0.4, -0.2) is 29.1 Å². The van der Waals surface area contributed by atoms with Gasteiger partial charge in [0.15, 0.2) is 0 Å². The summed E-state index contributed by atoms with van der Waals surface area (Å²) >= 11 is 6.00. The first-order valence-corrected chi connectivity index (χ1v) is 10.4. The molecule has 2 N–H and O–H groups in total. The van der Waals surface area contributed by atoms with Crippen LogP contribution in [0.4, 0.5) is 0 Å². The molecular weight excluding hydrogens is 470 g/mol. The zero-order valence-electron chi connectivity index (χ0n) is 17.2. The Morgan fingerprint density at radius 1 is 1.27 bits per heavy atom. The molecule has 1 aromatic heterocycles. The highest BCUT2D eigenvalue weighted by Crippen LogP contribution is 2.44. The fraction of sp³-hybridized carbons (Fsp3) is 0.455. The second-order valence-electron chi connectivity index (χ2n) is 8.26. The number of rotatable bonds is 4. The first kappa shape index (κ1) is 22.8. The number of amides is 1. The van der Waals surface area contributed by atoms with Gasteiger partial charge in [-0.1, -0.05) is 28.4 Å². The van der Waals surface area contributed by atoms with Gasteiger partial charge in [0, 0.05) is 24.1 Å². The first-order valence-electron chi connectivity index (χ1n) is 10.00. The van der Waals surface area contributed by atoms with Gasteiger partial charge in [-0.2, -0.15) is 0 Å². The Morgan fingerprint density at radius 2 is 2.00 bits per heavy atom. The van der Waals surface area contributed by atoms with Crippen molar-refractivity contribution < 1.29 is 35.9 Å².